The lowest BCUT2D eigenvalue weighted by Crippen LogP contribution is -2.53. The Kier molecular flexibility index (Phi) is 10.5. The monoisotopic (exact) mass is 528 g/mol. The molecule has 0 aliphatic carbocycles. The number of nitrogens with one attached hydrogen (secondary N) is 2. The van der Waals surface area contributed by atoms with Gasteiger partial charge in [-0.25, -0.2) is 4.79 Å². The van der Waals surface area contributed by atoms with Gasteiger partial charge in [-0.3, -0.25) is 14.4 Å². The van der Waals surface area contributed by atoms with Crippen LogP contribution >= 0.6 is 0 Å². The van der Waals surface area contributed by atoms with Gasteiger partial charge in [0, 0.05) is 12.2 Å². The average molecular weight is 529 g/mol. The van der Waals surface area contributed by atoms with Gasteiger partial charge >= 0.3 is 6.09 Å². The molecule has 0 heterocycles. The maximum atomic E-state index is 13.8. The van der Waals surface area contributed by atoms with Crippen molar-refractivity contribution < 1.29 is 33.8 Å². The zero-order chi connectivity index (χ0) is 28.5. The topological polar surface area (TPSA) is 160 Å². The second-order valence-electron chi connectivity index (χ2n) is 9.62. The highest BCUT2D eigenvalue weighted by molar-refractivity contribution is 5.99. The van der Waals surface area contributed by atoms with Crippen LogP contribution in [0.2, 0.25) is 0 Å². The van der Waals surface area contributed by atoms with Crippen molar-refractivity contribution >= 4 is 29.5 Å². The molecule has 4 amide bonds. The molecular formula is C27H36N4O7. The molecule has 0 aliphatic heterocycles. The number of ether oxygens (including phenoxy) is 2. The van der Waals surface area contributed by atoms with Crippen molar-refractivity contribution in [1.82, 2.24) is 10.2 Å². The molecule has 0 saturated carbocycles. The molecular weight excluding hydrogens is 492 g/mol. The Bertz CT molecular complexity index is 1130. The van der Waals surface area contributed by atoms with Gasteiger partial charge in [-0.15, -0.1) is 0 Å². The number of carbonyl (C=O) groups is 4. The van der Waals surface area contributed by atoms with Gasteiger partial charge in [-0.2, -0.15) is 0 Å². The fourth-order valence-electron chi connectivity index (χ4n) is 3.71. The largest absolute Gasteiger partial charge is 0.508 e. The number of primary amides is 1. The summed E-state index contributed by atoms with van der Waals surface area (Å²) in [6, 6.07) is 9.97. The Balaban J connectivity index is 2.48. The highest BCUT2D eigenvalue weighted by Gasteiger charge is 2.36. The van der Waals surface area contributed by atoms with Crippen LogP contribution in [0.1, 0.15) is 52.1 Å². The van der Waals surface area contributed by atoms with E-state index in [0.29, 0.717) is 23.4 Å². The number of nitrogens with two attached hydrogens (primary N) is 1. The van der Waals surface area contributed by atoms with Gasteiger partial charge in [0.25, 0.3) is 5.91 Å². The first-order chi connectivity index (χ1) is 17.8. The van der Waals surface area contributed by atoms with Crippen LogP contribution in [0.25, 0.3) is 0 Å². The second kappa shape index (κ2) is 13.3. The fourth-order valence-corrected chi connectivity index (χ4v) is 3.71. The molecule has 0 bridgehead atoms. The summed E-state index contributed by atoms with van der Waals surface area (Å²) in [6.07, 6.45) is -0.970. The van der Waals surface area contributed by atoms with Crippen molar-refractivity contribution in [3.63, 3.8) is 0 Å². The number of phenolic OH excluding ortho intramolecular Hbond substituents is 1. The first-order valence-electron chi connectivity index (χ1n) is 12.2. The maximum absolute atomic E-state index is 13.8. The molecule has 0 fully saturated rings. The Morgan fingerprint density at radius 3 is 2.26 bits per heavy atom. The number of nitrogens with zero attached hydrogens (tertiary/aromatic N) is 1. The lowest BCUT2D eigenvalue weighted by Gasteiger charge is -2.34. The Morgan fingerprint density at radius 1 is 1.08 bits per heavy atom. The van der Waals surface area contributed by atoms with E-state index in [2.05, 4.69) is 10.6 Å². The van der Waals surface area contributed by atoms with Gasteiger partial charge in [-0.05, 0) is 69.2 Å². The molecule has 2 atom stereocenters. The van der Waals surface area contributed by atoms with Crippen LogP contribution < -0.4 is 21.1 Å². The van der Waals surface area contributed by atoms with Crippen LogP contribution in [0.4, 0.5) is 10.5 Å². The molecule has 11 heteroatoms. The summed E-state index contributed by atoms with van der Waals surface area (Å²) < 4.78 is 10.4. The van der Waals surface area contributed by atoms with Crippen LogP contribution in [0.3, 0.4) is 0 Å². The van der Waals surface area contributed by atoms with Gasteiger partial charge < -0.3 is 35.8 Å². The lowest BCUT2D eigenvalue weighted by atomic mass is 10.0. The maximum Gasteiger partial charge on any atom is 0.408 e. The Morgan fingerprint density at radius 2 is 1.74 bits per heavy atom. The van der Waals surface area contributed by atoms with E-state index in [1.165, 1.54) is 24.1 Å². The molecule has 0 aromatic heterocycles. The predicted molar refractivity (Wildman–Crippen MR) is 141 cm³/mol. The van der Waals surface area contributed by atoms with Gasteiger partial charge in [0.2, 0.25) is 11.8 Å². The highest BCUT2D eigenvalue weighted by Crippen LogP contribution is 2.28. The summed E-state index contributed by atoms with van der Waals surface area (Å²) in [4.78, 5) is 53.0. The van der Waals surface area contributed by atoms with Crippen LogP contribution in [-0.2, 0) is 19.1 Å². The number of hydrogen-bond acceptors (Lipinski definition) is 7. The fraction of sp³-hybridized carbons (Fsp3) is 0.407. The third-order valence-electron chi connectivity index (χ3n) is 5.25. The quantitative estimate of drug-likeness (QED) is 0.348. The van der Waals surface area contributed by atoms with Crippen molar-refractivity contribution in [1.29, 1.82) is 0 Å². The van der Waals surface area contributed by atoms with Gasteiger partial charge in [-0.1, -0.05) is 19.1 Å². The number of hydrogen-bond donors (Lipinski definition) is 4. The van der Waals surface area contributed by atoms with Crippen LogP contribution in [0.5, 0.6) is 11.5 Å². The molecule has 2 rings (SSSR count). The molecule has 0 radical (unpaired) electrons. The van der Waals surface area contributed by atoms with Gasteiger partial charge in [0.1, 0.15) is 29.2 Å². The molecule has 206 valence electrons. The number of alkyl carbamates (subject to hydrolysis) is 1. The van der Waals surface area contributed by atoms with Crippen molar-refractivity contribution in [3.8, 4) is 11.5 Å². The predicted octanol–water partition coefficient (Wildman–Crippen LogP) is 3.09. The molecule has 0 spiro atoms. The molecule has 38 heavy (non-hydrogen) atoms. The first kappa shape index (κ1) is 29.9. The summed E-state index contributed by atoms with van der Waals surface area (Å²) in [7, 11) is 1.52. The zero-order valence-electron chi connectivity index (χ0n) is 22.3. The second-order valence-corrected chi connectivity index (χ2v) is 9.62. The van der Waals surface area contributed by atoms with E-state index in [1.807, 2.05) is 6.92 Å². The number of aromatic hydroxyl groups is 1. The van der Waals surface area contributed by atoms with E-state index in [1.54, 1.807) is 57.2 Å². The van der Waals surface area contributed by atoms with Crippen molar-refractivity contribution in [2.45, 2.75) is 58.2 Å². The average Bonchev–Trinajstić information content (AvgIpc) is 2.82. The van der Waals surface area contributed by atoms with Crippen molar-refractivity contribution in [2.75, 3.05) is 19.0 Å². The molecule has 5 N–H and O–H groups in total. The van der Waals surface area contributed by atoms with E-state index in [9.17, 15) is 24.3 Å². The molecule has 2 aromatic rings. The van der Waals surface area contributed by atoms with Crippen molar-refractivity contribution in [2.24, 2.45) is 5.73 Å². The first-order valence-corrected chi connectivity index (χ1v) is 12.2. The molecule has 2 aromatic carbocycles. The zero-order valence-corrected chi connectivity index (χ0v) is 22.3. The Hall–Kier alpha value is -4.28. The molecule has 0 aliphatic rings. The number of methoxy groups -OCH3 is 1. The van der Waals surface area contributed by atoms with Crippen LogP contribution in [-0.4, -0.2) is 59.1 Å². The molecule has 11 nitrogen and oxygen atoms in total. The highest BCUT2D eigenvalue weighted by atomic mass is 16.6. The minimum atomic E-state index is -1.39. The minimum Gasteiger partial charge on any atom is -0.508 e. The number of rotatable bonds is 11. The van der Waals surface area contributed by atoms with Gasteiger partial charge in [0.15, 0.2) is 0 Å². The minimum absolute atomic E-state index is 0.0977. The van der Waals surface area contributed by atoms with Gasteiger partial charge in [0.05, 0.1) is 13.5 Å². The van der Waals surface area contributed by atoms with E-state index in [0.717, 1.165) is 0 Å². The van der Waals surface area contributed by atoms with Crippen LogP contribution in [0.15, 0.2) is 48.5 Å². The number of anilines is 1. The Labute approximate surface area is 222 Å². The standard InChI is InChI=1S/C27H36N4O7/c1-6-14-31(25(35)21(16-22(28)33)30-26(36)38-27(2,3)4)23(17-8-7-9-19(32)15-17)24(34)29-18-10-12-20(37-5)13-11-18/h7-13,15,21,23,32H,6,14,16H2,1-5H3,(H2,28,33)(H,29,34)(H,30,36). The number of phenols is 1. The lowest BCUT2D eigenvalue weighted by molar-refractivity contribution is -0.141. The summed E-state index contributed by atoms with van der Waals surface area (Å²) in [6.45, 7) is 6.87. The van der Waals surface area contributed by atoms with E-state index < -0.39 is 47.9 Å². The van der Waals surface area contributed by atoms with Crippen molar-refractivity contribution in [3.05, 3.63) is 54.1 Å². The normalized spacial score (nSPS) is 12.6. The van der Waals surface area contributed by atoms with E-state index >= 15 is 0 Å². The summed E-state index contributed by atoms with van der Waals surface area (Å²) in [5.74, 6) is -1.62. The van der Waals surface area contributed by atoms with Crippen LogP contribution in [0, 0.1) is 0 Å². The SMILES string of the molecule is CCCN(C(=O)C(CC(N)=O)NC(=O)OC(C)(C)C)C(C(=O)Nc1ccc(OC)cc1)c1cccc(O)c1. The molecule has 0 saturated heterocycles. The van der Waals surface area contributed by atoms with E-state index in [-0.39, 0.29) is 12.3 Å². The van der Waals surface area contributed by atoms with E-state index in [4.69, 9.17) is 15.2 Å². The third-order valence-corrected chi connectivity index (χ3v) is 5.25. The summed E-state index contributed by atoms with van der Waals surface area (Å²) in [5, 5.41) is 15.3. The molecule has 2 unspecified atom stereocenters. The number of benzene rings is 2. The number of amides is 4. The third kappa shape index (κ3) is 8.99. The smallest absolute Gasteiger partial charge is 0.408 e. The summed E-state index contributed by atoms with van der Waals surface area (Å²) >= 11 is 0. The summed E-state index contributed by atoms with van der Waals surface area (Å²) in [5.41, 5.74) is 5.30. The number of carbonyl (C=O) groups excluding carboxylic acids is 4.